The molecule has 0 saturated heterocycles. The first-order chi connectivity index (χ1) is 11.5. The van der Waals surface area contributed by atoms with Gasteiger partial charge in [-0.1, -0.05) is 28.1 Å². The maximum atomic E-state index is 13.7. The van der Waals surface area contributed by atoms with Crippen molar-refractivity contribution in [1.29, 1.82) is 0 Å². The minimum Gasteiger partial charge on any atom is -0.324 e. The van der Waals surface area contributed by atoms with Crippen molar-refractivity contribution in [2.75, 3.05) is 5.32 Å². The lowest BCUT2D eigenvalue weighted by Crippen LogP contribution is -2.24. The minimum absolute atomic E-state index is 0.0728. The molecule has 0 aliphatic carbocycles. The number of carbonyl (C=O) groups is 1. The number of hydrogen-bond acceptors (Lipinski definition) is 2. The van der Waals surface area contributed by atoms with Crippen LogP contribution < -0.4 is 11.0 Å². The van der Waals surface area contributed by atoms with Crippen LogP contribution >= 0.6 is 15.9 Å². The van der Waals surface area contributed by atoms with Gasteiger partial charge in [-0.2, -0.15) is 0 Å². The fraction of sp³-hybridized carbons (Fsp3) is 0.176. The van der Waals surface area contributed by atoms with E-state index in [0.29, 0.717) is 4.47 Å². The summed E-state index contributed by atoms with van der Waals surface area (Å²) in [6, 6.07) is 11.8. The summed E-state index contributed by atoms with van der Waals surface area (Å²) in [4.78, 5) is 24.3. The molecule has 0 atom stereocenters. The number of nitrogens with one attached hydrogen (secondary N) is 1. The average molecular weight is 392 g/mol. The van der Waals surface area contributed by atoms with Crippen LogP contribution in [0.25, 0.3) is 11.0 Å². The zero-order chi connectivity index (χ0) is 17.3. The van der Waals surface area contributed by atoms with Crippen molar-refractivity contribution >= 4 is 38.6 Å². The number of amides is 1. The van der Waals surface area contributed by atoms with Crippen LogP contribution in [0.1, 0.15) is 6.42 Å². The molecule has 1 N–H and O–H groups in total. The second kappa shape index (κ2) is 6.60. The van der Waals surface area contributed by atoms with Gasteiger partial charge in [-0.25, -0.2) is 9.18 Å². The molecule has 1 heterocycles. The molecule has 0 bridgehead atoms. The fourth-order valence-corrected chi connectivity index (χ4v) is 2.93. The van der Waals surface area contributed by atoms with E-state index in [-0.39, 0.29) is 30.2 Å². The molecule has 0 aliphatic rings. The molecule has 3 aromatic rings. The van der Waals surface area contributed by atoms with Crippen molar-refractivity contribution < 1.29 is 9.18 Å². The molecule has 1 aromatic heterocycles. The largest absolute Gasteiger partial charge is 0.328 e. The van der Waals surface area contributed by atoms with Gasteiger partial charge in [-0.05, 0) is 30.3 Å². The highest BCUT2D eigenvalue weighted by Gasteiger charge is 2.12. The maximum Gasteiger partial charge on any atom is 0.328 e. The molecule has 7 heteroatoms. The predicted molar refractivity (Wildman–Crippen MR) is 94.5 cm³/mol. The highest BCUT2D eigenvalue weighted by molar-refractivity contribution is 9.10. The summed E-state index contributed by atoms with van der Waals surface area (Å²) in [5, 5.41) is 2.53. The molecule has 0 aliphatic heterocycles. The number of halogens is 2. The quantitative estimate of drug-likeness (QED) is 0.741. The number of anilines is 1. The van der Waals surface area contributed by atoms with E-state index in [0.717, 1.165) is 11.0 Å². The van der Waals surface area contributed by atoms with Crippen LogP contribution in [0, 0.1) is 5.82 Å². The normalized spacial score (nSPS) is 11.0. The van der Waals surface area contributed by atoms with Gasteiger partial charge in [0.25, 0.3) is 0 Å². The first kappa shape index (κ1) is 16.4. The van der Waals surface area contributed by atoms with E-state index in [1.165, 1.54) is 12.1 Å². The van der Waals surface area contributed by atoms with Crippen molar-refractivity contribution in [3.05, 3.63) is 63.2 Å². The van der Waals surface area contributed by atoms with Crippen LogP contribution in [0.3, 0.4) is 0 Å². The van der Waals surface area contributed by atoms with Crippen molar-refractivity contribution in [3.63, 3.8) is 0 Å². The number of nitrogens with zero attached hydrogens (tertiary/aromatic N) is 2. The van der Waals surface area contributed by atoms with Crippen molar-refractivity contribution in [1.82, 2.24) is 9.13 Å². The number of aryl methyl sites for hydroxylation is 2. The Labute approximate surface area is 145 Å². The summed E-state index contributed by atoms with van der Waals surface area (Å²) < 4.78 is 17.4. The monoisotopic (exact) mass is 391 g/mol. The van der Waals surface area contributed by atoms with Gasteiger partial charge in [0, 0.05) is 24.5 Å². The molecule has 2 aromatic carbocycles. The molecule has 0 unspecified atom stereocenters. The number of imidazole rings is 1. The Kier molecular flexibility index (Phi) is 4.53. The van der Waals surface area contributed by atoms with E-state index in [2.05, 4.69) is 21.2 Å². The molecule has 0 spiro atoms. The van der Waals surface area contributed by atoms with Crippen LogP contribution in [0.5, 0.6) is 0 Å². The predicted octanol–water partition coefficient (Wildman–Crippen LogP) is 3.27. The molecule has 1 amide bonds. The van der Waals surface area contributed by atoms with Gasteiger partial charge in [-0.3, -0.25) is 13.9 Å². The molecular weight excluding hydrogens is 377 g/mol. The number of para-hydroxylation sites is 2. The van der Waals surface area contributed by atoms with E-state index in [9.17, 15) is 14.0 Å². The summed E-state index contributed by atoms with van der Waals surface area (Å²) in [5.74, 6) is -0.865. The van der Waals surface area contributed by atoms with Crippen molar-refractivity contribution in [2.45, 2.75) is 13.0 Å². The van der Waals surface area contributed by atoms with Crippen molar-refractivity contribution in [2.24, 2.45) is 7.05 Å². The average Bonchev–Trinajstić information content (AvgIpc) is 2.80. The summed E-state index contributed by atoms with van der Waals surface area (Å²) in [6.45, 7) is 0.226. The third-order valence-electron chi connectivity index (χ3n) is 3.82. The topological polar surface area (TPSA) is 56.0 Å². The Hall–Kier alpha value is -2.41. The van der Waals surface area contributed by atoms with E-state index >= 15 is 0 Å². The lowest BCUT2D eigenvalue weighted by molar-refractivity contribution is -0.116. The minimum atomic E-state index is -0.514. The van der Waals surface area contributed by atoms with Crippen LogP contribution in [-0.2, 0) is 18.4 Å². The number of rotatable bonds is 4. The van der Waals surface area contributed by atoms with Gasteiger partial charge in [-0.15, -0.1) is 0 Å². The molecule has 5 nitrogen and oxygen atoms in total. The zero-order valence-electron chi connectivity index (χ0n) is 12.9. The van der Waals surface area contributed by atoms with E-state index in [4.69, 9.17) is 0 Å². The fourth-order valence-electron chi connectivity index (χ4n) is 2.60. The second-order valence-electron chi connectivity index (χ2n) is 5.40. The molecule has 24 heavy (non-hydrogen) atoms. The smallest absolute Gasteiger partial charge is 0.324 e. The highest BCUT2D eigenvalue weighted by Crippen LogP contribution is 2.19. The van der Waals surface area contributed by atoms with Gasteiger partial charge in [0.1, 0.15) is 5.82 Å². The molecule has 0 fully saturated rings. The Morgan fingerprint density at radius 2 is 1.92 bits per heavy atom. The van der Waals surface area contributed by atoms with Crippen LogP contribution in [0.4, 0.5) is 10.1 Å². The van der Waals surface area contributed by atoms with Gasteiger partial charge < -0.3 is 5.32 Å². The Morgan fingerprint density at radius 3 is 2.62 bits per heavy atom. The molecule has 124 valence electrons. The molecule has 3 rings (SSSR count). The number of fused-ring (bicyclic) bond motifs is 1. The lowest BCUT2D eigenvalue weighted by atomic mass is 10.3. The maximum absolute atomic E-state index is 13.7. The summed E-state index contributed by atoms with van der Waals surface area (Å²) >= 11 is 3.16. The van der Waals surface area contributed by atoms with Crippen molar-refractivity contribution in [3.8, 4) is 0 Å². The van der Waals surface area contributed by atoms with Gasteiger partial charge in [0.2, 0.25) is 5.91 Å². The third kappa shape index (κ3) is 3.12. The number of aromatic nitrogens is 2. The zero-order valence-corrected chi connectivity index (χ0v) is 14.5. The first-order valence-corrected chi connectivity index (χ1v) is 8.16. The lowest BCUT2D eigenvalue weighted by Gasteiger charge is -2.07. The first-order valence-electron chi connectivity index (χ1n) is 7.36. The van der Waals surface area contributed by atoms with Crippen LogP contribution in [0.2, 0.25) is 0 Å². The van der Waals surface area contributed by atoms with Gasteiger partial charge >= 0.3 is 5.69 Å². The SMILES string of the molecule is Cn1c(=O)n(CCC(=O)Nc2ccc(Br)cc2F)c2ccccc21. The van der Waals surface area contributed by atoms with Crippen LogP contribution in [0.15, 0.2) is 51.7 Å². The number of carbonyl (C=O) groups excluding carboxylic acids is 1. The summed E-state index contributed by atoms with van der Waals surface area (Å²) in [7, 11) is 1.69. The van der Waals surface area contributed by atoms with E-state index < -0.39 is 5.82 Å². The molecule has 0 radical (unpaired) electrons. The second-order valence-corrected chi connectivity index (χ2v) is 6.32. The van der Waals surface area contributed by atoms with E-state index in [1.807, 2.05) is 24.3 Å². The number of hydrogen-bond donors (Lipinski definition) is 1. The van der Waals surface area contributed by atoms with Gasteiger partial charge in [0.15, 0.2) is 0 Å². The van der Waals surface area contributed by atoms with E-state index in [1.54, 1.807) is 22.2 Å². The Balaban J connectivity index is 1.75. The Bertz CT molecular complexity index is 978. The van der Waals surface area contributed by atoms with Crippen LogP contribution in [-0.4, -0.2) is 15.0 Å². The summed E-state index contributed by atoms with van der Waals surface area (Å²) in [5.41, 5.74) is 1.52. The summed E-state index contributed by atoms with van der Waals surface area (Å²) in [6.07, 6.45) is 0.0728. The molecular formula is C17H15BrFN3O2. The number of benzene rings is 2. The molecule has 0 saturated carbocycles. The Morgan fingerprint density at radius 1 is 1.21 bits per heavy atom. The third-order valence-corrected chi connectivity index (χ3v) is 4.31. The van der Waals surface area contributed by atoms with Gasteiger partial charge in [0.05, 0.1) is 16.7 Å². The standard InChI is InChI=1S/C17H15BrFN3O2/c1-21-14-4-2-3-5-15(14)22(17(21)24)9-8-16(23)20-13-7-6-11(18)10-12(13)19/h2-7,10H,8-9H2,1H3,(H,20,23). The highest BCUT2D eigenvalue weighted by atomic mass is 79.9.